The predicted molar refractivity (Wildman–Crippen MR) is 116 cm³/mol. The lowest BCUT2D eigenvalue weighted by molar-refractivity contribution is -0.137. The summed E-state index contributed by atoms with van der Waals surface area (Å²) in [6.07, 6.45) is 5.28. The molecule has 0 radical (unpaired) electrons. The molecule has 1 aromatic carbocycles. The van der Waals surface area contributed by atoms with Crippen LogP contribution in [0.15, 0.2) is 24.3 Å². The van der Waals surface area contributed by atoms with Crippen LogP contribution < -0.4 is 15.4 Å². The van der Waals surface area contributed by atoms with Crippen molar-refractivity contribution in [2.75, 3.05) is 13.7 Å². The molecule has 158 valence electrons. The van der Waals surface area contributed by atoms with Crippen molar-refractivity contribution in [3.63, 3.8) is 0 Å². The maximum atomic E-state index is 12.9. The van der Waals surface area contributed by atoms with E-state index in [9.17, 15) is 9.59 Å². The van der Waals surface area contributed by atoms with Crippen molar-refractivity contribution in [3.8, 4) is 5.75 Å². The van der Waals surface area contributed by atoms with Gasteiger partial charge in [-0.05, 0) is 55.6 Å². The van der Waals surface area contributed by atoms with Crippen molar-refractivity contribution < 1.29 is 14.3 Å². The molecule has 0 spiro atoms. The van der Waals surface area contributed by atoms with E-state index in [1.807, 2.05) is 24.3 Å². The molecule has 6 nitrogen and oxygen atoms in total. The number of hydrogen-bond acceptors (Lipinski definition) is 4. The Morgan fingerprint density at radius 3 is 2.72 bits per heavy atom. The molecule has 0 bridgehead atoms. The number of nitrogens with zero attached hydrogens (tertiary/aromatic N) is 1. The Morgan fingerprint density at radius 1 is 1.28 bits per heavy atom. The highest BCUT2D eigenvalue weighted by Gasteiger charge is 2.43. The molecule has 2 N–H and O–H groups in total. The number of methoxy groups -OCH3 is 1. The van der Waals surface area contributed by atoms with Gasteiger partial charge in [-0.3, -0.25) is 14.5 Å². The minimum atomic E-state index is -0.0933. The van der Waals surface area contributed by atoms with Gasteiger partial charge in [0.1, 0.15) is 5.75 Å². The zero-order valence-corrected chi connectivity index (χ0v) is 18.1. The highest BCUT2D eigenvalue weighted by atomic mass is 32.1. The van der Waals surface area contributed by atoms with Crippen LogP contribution in [0.5, 0.6) is 5.75 Å². The van der Waals surface area contributed by atoms with Crippen molar-refractivity contribution in [1.29, 1.82) is 0 Å². The Labute approximate surface area is 178 Å². The van der Waals surface area contributed by atoms with E-state index in [1.165, 1.54) is 0 Å². The van der Waals surface area contributed by atoms with Gasteiger partial charge in [0.25, 0.3) is 0 Å². The molecule has 7 heteroatoms. The topological polar surface area (TPSA) is 70.7 Å². The Morgan fingerprint density at radius 2 is 2.03 bits per heavy atom. The molecule has 1 aliphatic heterocycles. The molecule has 1 saturated heterocycles. The molecule has 0 aromatic heterocycles. The molecular formula is C22H31N3O3S. The number of amides is 2. The first kappa shape index (κ1) is 21.6. The number of carbonyl (C=O) groups excluding carboxylic acids is 2. The van der Waals surface area contributed by atoms with Crippen LogP contribution in [0.3, 0.4) is 0 Å². The van der Waals surface area contributed by atoms with Gasteiger partial charge in [0, 0.05) is 25.0 Å². The van der Waals surface area contributed by atoms with Crippen LogP contribution in [-0.4, -0.2) is 41.5 Å². The van der Waals surface area contributed by atoms with Crippen molar-refractivity contribution in [2.45, 2.75) is 58.0 Å². The van der Waals surface area contributed by atoms with Gasteiger partial charge in [-0.25, -0.2) is 0 Å². The number of fused-ring (bicyclic) bond motifs is 1. The molecular weight excluding hydrogens is 386 g/mol. The number of thiocarbonyl (C=S) groups is 1. The zero-order valence-electron chi connectivity index (χ0n) is 17.3. The lowest BCUT2D eigenvalue weighted by atomic mass is 9.76. The van der Waals surface area contributed by atoms with Crippen molar-refractivity contribution in [1.82, 2.24) is 15.5 Å². The summed E-state index contributed by atoms with van der Waals surface area (Å²) in [4.78, 5) is 27.3. The number of ether oxygens (including phenoxy) is 1. The summed E-state index contributed by atoms with van der Waals surface area (Å²) >= 11 is 5.45. The minimum absolute atomic E-state index is 0.0390. The summed E-state index contributed by atoms with van der Waals surface area (Å²) in [7, 11) is 1.63. The van der Waals surface area contributed by atoms with E-state index < -0.39 is 0 Å². The normalized spacial score (nSPS) is 23.9. The van der Waals surface area contributed by atoms with E-state index in [0.29, 0.717) is 24.6 Å². The average Bonchev–Trinajstić information content (AvgIpc) is 2.74. The van der Waals surface area contributed by atoms with Crippen LogP contribution in [0, 0.1) is 11.8 Å². The molecule has 2 amide bonds. The van der Waals surface area contributed by atoms with E-state index in [2.05, 4.69) is 17.6 Å². The summed E-state index contributed by atoms with van der Waals surface area (Å²) in [6, 6.07) is 7.63. The Hall–Kier alpha value is -2.15. The second-order valence-electron chi connectivity index (χ2n) is 7.94. The third kappa shape index (κ3) is 5.26. The third-order valence-electron chi connectivity index (χ3n) is 5.97. The highest BCUT2D eigenvalue weighted by Crippen LogP contribution is 2.33. The van der Waals surface area contributed by atoms with Gasteiger partial charge in [-0.2, -0.15) is 0 Å². The summed E-state index contributed by atoms with van der Waals surface area (Å²) in [5.74, 6) is 0.807. The zero-order chi connectivity index (χ0) is 20.8. The van der Waals surface area contributed by atoms with Crippen LogP contribution in [0.4, 0.5) is 0 Å². The van der Waals surface area contributed by atoms with Crippen LogP contribution >= 0.6 is 12.2 Å². The average molecular weight is 418 g/mol. The monoisotopic (exact) mass is 417 g/mol. The van der Waals surface area contributed by atoms with Gasteiger partial charge < -0.3 is 15.4 Å². The molecule has 1 aromatic rings. The minimum Gasteiger partial charge on any atom is -0.497 e. The van der Waals surface area contributed by atoms with Gasteiger partial charge >= 0.3 is 0 Å². The summed E-state index contributed by atoms with van der Waals surface area (Å²) in [6.45, 7) is 3.32. The molecule has 3 atom stereocenters. The predicted octanol–water partition coefficient (Wildman–Crippen LogP) is 3.00. The Bertz CT molecular complexity index is 737. The van der Waals surface area contributed by atoms with Crippen LogP contribution in [-0.2, 0) is 16.1 Å². The summed E-state index contributed by atoms with van der Waals surface area (Å²) in [5.41, 5.74) is 1.03. The van der Waals surface area contributed by atoms with E-state index in [0.717, 1.165) is 43.4 Å². The number of nitrogens with one attached hydrogen (secondary N) is 2. The van der Waals surface area contributed by atoms with E-state index in [-0.39, 0.29) is 29.7 Å². The second-order valence-corrected chi connectivity index (χ2v) is 8.32. The fourth-order valence-corrected chi connectivity index (χ4v) is 4.54. The maximum absolute atomic E-state index is 12.9. The second kappa shape index (κ2) is 10.1. The quantitative estimate of drug-likeness (QED) is 0.503. The SMILES string of the molecule is CCCCCN1C(=O)C2CCC(C(=O)NCc3ccc(OC)cc3)CC2NC1=S. The number of unbranched alkanes of at least 4 members (excludes halogenated alkanes) is 2. The number of hydrogen-bond donors (Lipinski definition) is 2. The van der Waals surface area contributed by atoms with Gasteiger partial charge in [-0.1, -0.05) is 31.9 Å². The van der Waals surface area contributed by atoms with Gasteiger partial charge in [0.2, 0.25) is 11.8 Å². The molecule has 1 heterocycles. The number of rotatable bonds is 8. The van der Waals surface area contributed by atoms with Crippen LogP contribution in [0.25, 0.3) is 0 Å². The standard InChI is InChI=1S/C22H31N3O3S/c1-3-4-5-12-25-21(27)18-11-8-16(13-19(18)24-22(25)29)20(26)23-14-15-6-9-17(28-2)10-7-15/h6-7,9-10,16,18-19H,3-5,8,11-14H2,1-2H3,(H,23,26)(H,24,29). The first-order valence-corrected chi connectivity index (χ1v) is 11.0. The molecule has 1 saturated carbocycles. The van der Waals surface area contributed by atoms with E-state index in [1.54, 1.807) is 12.0 Å². The number of carbonyl (C=O) groups is 2. The molecule has 2 fully saturated rings. The highest BCUT2D eigenvalue weighted by molar-refractivity contribution is 7.80. The van der Waals surface area contributed by atoms with Crippen molar-refractivity contribution in [3.05, 3.63) is 29.8 Å². The van der Waals surface area contributed by atoms with Gasteiger partial charge in [0.05, 0.1) is 13.0 Å². The fraction of sp³-hybridized carbons (Fsp3) is 0.591. The maximum Gasteiger partial charge on any atom is 0.233 e. The molecule has 3 rings (SSSR count). The molecule has 2 aliphatic rings. The third-order valence-corrected chi connectivity index (χ3v) is 6.31. The van der Waals surface area contributed by atoms with Gasteiger partial charge in [-0.15, -0.1) is 0 Å². The van der Waals surface area contributed by atoms with Gasteiger partial charge in [0.15, 0.2) is 5.11 Å². The first-order chi connectivity index (χ1) is 14.0. The molecule has 1 aliphatic carbocycles. The Balaban J connectivity index is 1.51. The van der Waals surface area contributed by atoms with E-state index in [4.69, 9.17) is 17.0 Å². The molecule has 3 unspecified atom stereocenters. The largest absolute Gasteiger partial charge is 0.497 e. The smallest absolute Gasteiger partial charge is 0.233 e. The lowest BCUT2D eigenvalue weighted by Crippen LogP contribution is -2.62. The summed E-state index contributed by atoms with van der Waals surface area (Å²) in [5, 5.41) is 6.89. The van der Waals surface area contributed by atoms with Crippen LogP contribution in [0.2, 0.25) is 0 Å². The fourth-order valence-electron chi connectivity index (χ4n) is 4.21. The van der Waals surface area contributed by atoms with Crippen molar-refractivity contribution >= 4 is 29.1 Å². The number of benzene rings is 1. The summed E-state index contributed by atoms with van der Waals surface area (Å²) < 4.78 is 5.16. The lowest BCUT2D eigenvalue weighted by Gasteiger charge is -2.43. The van der Waals surface area contributed by atoms with E-state index >= 15 is 0 Å². The van der Waals surface area contributed by atoms with Crippen molar-refractivity contribution in [2.24, 2.45) is 11.8 Å². The van der Waals surface area contributed by atoms with Crippen LogP contribution in [0.1, 0.15) is 51.0 Å². The Kier molecular flexibility index (Phi) is 7.47. The first-order valence-electron chi connectivity index (χ1n) is 10.6. The molecule has 29 heavy (non-hydrogen) atoms.